The summed E-state index contributed by atoms with van der Waals surface area (Å²) < 4.78 is 4.55. The highest BCUT2D eigenvalue weighted by atomic mass is 32.2. The van der Waals surface area contributed by atoms with E-state index >= 15 is 0 Å². The second-order valence-electron chi connectivity index (χ2n) is 2.35. The molecule has 0 saturated carbocycles. The van der Waals surface area contributed by atoms with E-state index in [-0.39, 0.29) is 15.4 Å². The Labute approximate surface area is 79.1 Å². The molecule has 1 aliphatic rings. The fourth-order valence-corrected chi connectivity index (χ4v) is 3.04. The third kappa shape index (κ3) is 1.53. The zero-order valence-electron chi connectivity index (χ0n) is 6.34. The van der Waals surface area contributed by atoms with E-state index in [0.717, 1.165) is 4.90 Å². The molecule has 0 saturated heterocycles. The van der Waals surface area contributed by atoms with Gasteiger partial charge in [-0.05, 0) is 22.8 Å². The van der Waals surface area contributed by atoms with E-state index < -0.39 is 0 Å². The van der Waals surface area contributed by atoms with Gasteiger partial charge in [0.05, 0.1) is 6.67 Å². The van der Waals surface area contributed by atoms with Crippen LogP contribution in [0.5, 0.6) is 0 Å². The van der Waals surface area contributed by atoms with Crippen molar-refractivity contribution in [2.45, 2.75) is 9.60 Å². The molecule has 0 bridgehead atoms. The Hall–Kier alpha value is -0.390. The summed E-state index contributed by atoms with van der Waals surface area (Å²) in [6.45, 7) is 0.701. The van der Waals surface area contributed by atoms with Gasteiger partial charge < -0.3 is 0 Å². The topological polar surface area (TPSA) is 37.3 Å². The van der Waals surface area contributed by atoms with Crippen LogP contribution in [0.2, 0.25) is 0 Å². The monoisotopic (exact) mass is 199 g/mol. The molecule has 1 aromatic rings. The Kier molecular flexibility index (Phi) is 2.43. The standard InChI is InChI=1S/C7H9N3S2/c11-7-9-5-10-12(7)6-2-1-3-8-4-6/h1-4,7,9,11H,5H2. The number of thiol groups is 1. The van der Waals surface area contributed by atoms with Crippen LogP contribution in [-0.2, 0) is 10.7 Å². The highest BCUT2D eigenvalue weighted by Gasteiger charge is 2.15. The summed E-state index contributed by atoms with van der Waals surface area (Å²) in [5, 5.41) is 3.15. The molecule has 1 aliphatic heterocycles. The fourth-order valence-electron chi connectivity index (χ4n) is 1.01. The summed E-state index contributed by atoms with van der Waals surface area (Å²) in [7, 11) is -0.120. The van der Waals surface area contributed by atoms with E-state index in [1.54, 1.807) is 6.20 Å². The molecule has 2 unspecified atom stereocenters. The van der Waals surface area contributed by atoms with Crippen molar-refractivity contribution in [3.05, 3.63) is 24.5 Å². The minimum atomic E-state index is -0.120. The zero-order chi connectivity index (χ0) is 8.39. The molecule has 64 valence electrons. The highest BCUT2D eigenvalue weighted by Crippen LogP contribution is 2.16. The van der Waals surface area contributed by atoms with Gasteiger partial charge in [-0.25, -0.2) is 4.36 Å². The van der Waals surface area contributed by atoms with Crippen molar-refractivity contribution in [2.24, 2.45) is 4.36 Å². The van der Waals surface area contributed by atoms with Crippen LogP contribution in [0.3, 0.4) is 0 Å². The first-order valence-corrected chi connectivity index (χ1v) is 5.36. The third-order valence-corrected chi connectivity index (χ3v) is 4.06. The van der Waals surface area contributed by atoms with Crippen LogP contribution < -0.4 is 5.32 Å². The van der Waals surface area contributed by atoms with E-state index in [2.05, 4.69) is 27.3 Å². The lowest BCUT2D eigenvalue weighted by Gasteiger charge is -2.06. The van der Waals surface area contributed by atoms with Gasteiger partial charge in [-0.2, -0.15) is 0 Å². The average Bonchev–Trinajstić information content (AvgIpc) is 2.53. The molecule has 3 nitrogen and oxygen atoms in total. The molecular formula is C7H9N3S2. The number of hydrogen-bond acceptors (Lipinski definition) is 4. The van der Waals surface area contributed by atoms with Crippen molar-refractivity contribution in [2.75, 3.05) is 6.67 Å². The maximum absolute atomic E-state index is 4.39. The van der Waals surface area contributed by atoms with Gasteiger partial charge in [-0.1, -0.05) is 0 Å². The first-order chi connectivity index (χ1) is 5.88. The van der Waals surface area contributed by atoms with Crippen molar-refractivity contribution in [1.82, 2.24) is 10.3 Å². The molecule has 12 heavy (non-hydrogen) atoms. The summed E-state index contributed by atoms with van der Waals surface area (Å²) >= 11 is 4.38. The number of nitrogens with zero attached hydrogens (tertiary/aromatic N) is 2. The van der Waals surface area contributed by atoms with Crippen molar-refractivity contribution in [3.63, 3.8) is 0 Å². The van der Waals surface area contributed by atoms with Crippen molar-refractivity contribution < 1.29 is 0 Å². The SMILES string of the molecule is SC1NCN=S1c1cccnc1. The van der Waals surface area contributed by atoms with Gasteiger partial charge >= 0.3 is 0 Å². The summed E-state index contributed by atoms with van der Waals surface area (Å²) in [5.74, 6) is 0. The van der Waals surface area contributed by atoms with Gasteiger partial charge in [-0.15, -0.1) is 12.6 Å². The number of pyridine rings is 1. The number of aromatic nitrogens is 1. The normalized spacial score (nSPS) is 28.4. The largest absolute Gasteiger partial charge is 0.276 e. The molecule has 0 amide bonds. The van der Waals surface area contributed by atoms with Gasteiger partial charge in [0, 0.05) is 17.3 Å². The molecule has 0 aromatic carbocycles. The lowest BCUT2D eigenvalue weighted by molar-refractivity contribution is 0.826. The van der Waals surface area contributed by atoms with Crippen molar-refractivity contribution in [3.8, 4) is 0 Å². The van der Waals surface area contributed by atoms with E-state index in [1.165, 1.54) is 0 Å². The van der Waals surface area contributed by atoms with E-state index in [0.29, 0.717) is 6.67 Å². The smallest absolute Gasteiger partial charge is 0.114 e. The Bertz CT molecular complexity index is 299. The minimum Gasteiger partial charge on any atom is -0.276 e. The maximum Gasteiger partial charge on any atom is 0.114 e. The van der Waals surface area contributed by atoms with Crippen LogP contribution in [0.15, 0.2) is 33.8 Å². The maximum atomic E-state index is 4.39. The summed E-state index contributed by atoms with van der Waals surface area (Å²) in [6, 6.07) is 3.96. The number of nitrogens with one attached hydrogen (secondary N) is 1. The molecule has 1 aromatic heterocycles. The first kappa shape index (κ1) is 8.22. The molecule has 5 heteroatoms. The third-order valence-electron chi connectivity index (χ3n) is 1.56. The van der Waals surface area contributed by atoms with Gasteiger partial charge in [0.2, 0.25) is 0 Å². The molecule has 2 atom stereocenters. The molecule has 1 N–H and O–H groups in total. The summed E-state index contributed by atoms with van der Waals surface area (Å²) in [5.41, 5.74) is 0. The fraction of sp³-hybridized carbons (Fsp3) is 0.286. The van der Waals surface area contributed by atoms with Crippen molar-refractivity contribution in [1.29, 1.82) is 0 Å². The van der Waals surface area contributed by atoms with Gasteiger partial charge in [-0.3, -0.25) is 10.3 Å². The van der Waals surface area contributed by atoms with Crippen LogP contribution in [-0.4, -0.2) is 16.4 Å². The molecule has 0 aliphatic carbocycles. The number of hydrogen-bond donors (Lipinski definition) is 2. The molecule has 0 fully saturated rings. The summed E-state index contributed by atoms with van der Waals surface area (Å²) in [4.78, 5) is 5.20. The second kappa shape index (κ2) is 3.55. The summed E-state index contributed by atoms with van der Waals surface area (Å²) in [6.07, 6.45) is 3.62. The Morgan fingerprint density at radius 1 is 1.67 bits per heavy atom. The van der Waals surface area contributed by atoms with Crippen LogP contribution in [0.1, 0.15) is 0 Å². The Morgan fingerprint density at radius 3 is 3.17 bits per heavy atom. The highest BCUT2D eigenvalue weighted by molar-refractivity contribution is 8.02. The first-order valence-electron chi connectivity index (χ1n) is 3.60. The molecule has 0 radical (unpaired) electrons. The van der Waals surface area contributed by atoms with Crippen LogP contribution >= 0.6 is 12.6 Å². The van der Waals surface area contributed by atoms with Gasteiger partial charge in [0.1, 0.15) is 4.71 Å². The quantitative estimate of drug-likeness (QED) is 0.663. The Balaban J connectivity index is 2.31. The molecule has 0 spiro atoms. The lowest BCUT2D eigenvalue weighted by Crippen LogP contribution is -2.20. The predicted octanol–water partition coefficient (Wildman–Crippen LogP) is 1.02. The predicted molar refractivity (Wildman–Crippen MR) is 53.1 cm³/mol. The average molecular weight is 199 g/mol. The zero-order valence-corrected chi connectivity index (χ0v) is 8.05. The van der Waals surface area contributed by atoms with E-state index in [1.807, 2.05) is 18.3 Å². The van der Waals surface area contributed by atoms with E-state index in [4.69, 9.17) is 0 Å². The minimum absolute atomic E-state index is 0.120. The molecular weight excluding hydrogens is 190 g/mol. The van der Waals surface area contributed by atoms with Gasteiger partial charge in [0.25, 0.3) is 0 Å². The second-order valence-corrected chi connectivity index (χ2v) is 5.04. The van der Waals surface area contributed by atoms with Gasteiger partial charge in [0.15, 0.2) is 0 Å². The van der Waals surface area contributed by atoms with Crippen LogP contribution in [0.4, 0.5) is 0 Å². The molecule has 2 heterocycles. The lowest BCUT2D eigenvalue weighted by atomic mass is 10.5. The Morgan fingerprint density at radius 2 is 2.58 bits per heavy atom. The number of rotatable bonds is 1. The molecule has 2 rings (SSSR count). The van der Waals surface area contributed by atoms with E-state index in [9.17, 15) is 0 Å². The van der Waals surface area contributed by atoms with Crippen molar-refractivity contribution >= 4 is 23.3 Å². The van der Waals surface area contributed by atoms with Crippen LogP contribution in [0, 0.1) is 0 Å². The van der Waals surface area contributed by atoms with Crippen LogP contribution in [0.25, 0.3) is 0 Å².